The summed E-state index contributed by atoms with van der Waals surface area (Å²) in [6.07, 6.45) is 1.08. The summed E-state index contributed by atoms with van der Waals surface area (Å²) in [5, 5.41) is 0. The molecule has 6 nitrogen and oxygen atoms in total. The molecule has 0 saturated carbocycles. The van der Waals surface area contributed by atoms with Crippen molar-refractivity contribution < 1.29 is 28.5 Å². The second-order valence-corrected chi connectivity index (χ2v) is 6.56. The Morgan fingerprint density at radius 1 is 1.29 bits per heavy atom. The standard InChI is InChI=1S/C15H14O6/c1-5-9-7-3-6(14(17)18-7)10-11(20-10)12-15(2,21-12)4-8(9)19-13(5)16/h3,7-12H,1,4H2,2H3/t7-,8?,9?,10-,11?,12?,15?/m1/s1. The molecule has 5 aliphatic rings. The summed E-state index contributed by atoms with van der Waals surface area (Å²) in [7, 11) is 0. The Bertz CT molecular complexity index is 636. The van der Waals surface area contributed by atoms with Crippen LogP contribution in [0.5, 0.6) is 0 Å². The zero-order valence-corrected chi connectivity index (χ0v) is 11.4. The number of fused-ring (bicyclic) bond motifs is 7. The molecule has 4 aliphatic heterocycles. The fourth-order valence-corrected chi connectivity index (χ4v) is 3.92. The maximum absolute atomic E-state index is 12.0. The highest BCUT2D eigenvalue weighted by atomic mass is 16.7. The van der Waals surface area contributed by atoms with Crippen molar-refractivity contribution in [1.29, 1.82) is 0 Å². The highest BCUT2D eigenvalue weighted by Crippen LogP contribution is 2.54. The van der Waals surface area contributed by atoms with Crippen LogP contribution in [0.15, 0.2) is 23.8 Å². The van der Waals surface area contributed by atoms with E-state index >= 15 is 0 Å². The molecule has 3 saturated heterocycles. The highest BCUT2D eigenvalue weighted by Gasteiger charge is 2.68. The molecule has 0 amide bonds. The van der Waals surface area contributed by atoms with Gasteiger partial charge in [-0.2, -0.15) is 0 Å². The van der Waals surface area contributed by atoms with Crippen LogP contribution in [-0.2, 0) is 28.5 Å². The van der Waals surface area contributed by atoms with Crippen LogP contribution in [0.4, 0.5) is 0 Å². The molecule has 5 unspecified atom stereocenters. The molecule has 0 radical (unpaired) electrons. The third-order valence-corrected chi connectivity index (χ3v) is 5.18. The summed E-state index contributed by atoms with van der Waals surface area (Å²) in [5.41, 5.74) is 0.536. The average Bonchev–Trinajstić information content (AvgIpc) is 3.25. The first-order chi connectivity index (χ1) is 9.98. The van der Waals surface area contributed by atoms with Gasteiger partial charge in [-0.1, -0.05) is 6.58 Å². The monoisotopic (exact) mass is 290 g/mol. The molecular formula is C15H14O6. The van der Waals surface area contributed by atoms with E-state index in [1.54, 1.807) is 6.08 Å². The SMILES string of the molecule is C=C1C(=O)OC2CC3(C)OC3C3O[C@@H]3C3=C[C@@H](OC3=O)C12. The quantitative estimate of drug-likeness (QED) is 0.362. The Morgan fingerprint density at radius 2 is 2.10 bits per heavy atom. The van der Waals surface area contributed by atoms with Crippen LogP contribution >= 0.6 is 0 Å². The first-order valence-electron chi connectivity index (χ1n) is 7.14. The summed E-state index contributed by atoms with van der Waals surface area (Å²) in [6.45, 7) is 5.80. The lowest BCUT2D eigenvalue weighted by atomic mass is 9.83. The number of hydrogen-bond donors (Lipinski definition) is 0. The van der Waals surface area contributed by atoms with Crippen molar-refractivity contribution in [3.63, 3.8) is 0 Å². The molecule has 110 valence electrons. The van der Waals surface area contributed by atoms with Crippen molar-refractivity contribution in [3.05, 3.63) is 23.8 Å². The Balaban J connectivity index is 1.59. The summed E-state index contributed by atoms with van der Waals surface area (Å²) in [4.78, 5) is 23.9. The lowest BCUT2D eigenvalue weighted by Crippen LogP contribution is -2.33. The molecule has 6 heteroatoms. The van der Waals surface area contributed by atoms with E-state index in [2.05, 4.69) is 6.58 Å². The van der Waals surface area contributed by atoms with Gasteiger partial charge in [-0.25, -0.2) is 9.59 Å². The molecule has 21 heavy (non-hydrogen) atoms. The molecule has 7 atom stereocenters. The second-order valence-electron chi connectivity index (χ2n) is 6.56. The zero-order valence-electron chi connectivity index (χ0n) is 11.4. The first kappa shape index (κ1) is 11.9. The van der Waals surface area contributed by atoms with Gasteiger partial charge in [0.25, 0.3) is 0 Å². The highest BCUT2D eigenvalue weighted by molar-refractivity contribution is 5.94. The lowest BCUT2D eigenvalue weighted by Gasteiger charge is -2.23. The van der Waals surface area contributed by atoms with Crippen LogP contribution in [0.2, 0.25) is 0 Å². The van der Waals surface area contributed by atoms with E-state index in [4.69, 9.17) is 18.9 Å². The van der Waals surface area contributed by atoms with Gasteiger partial charge in [-0.15, -0.1) is 0 Å². The van der Waals surface area contributed by atoms with E-state index in [1.165, 1.54) is 0 Å². The number of rotatable bonds is 0. The van der Waals surface area contributed by atoms with Crippen LogP contribution in [-0.4, -0.2) is 48.1 Å². The first-order valence-corrected chi connectivity index (χ1v) is 7.14. The van der Waals surface area contributed by atoms with E-state index < -0.39 is 12.1 Å². The summed E-state index contributed by atoms with van der Waals surface area (Å²) in [6, 6.07) is 0. The van der Waals surface area contributed by atoms with Crippen molar-refractivity contribution in [2.45, 2.75) is 49.5 Å². The van der Waals surface area contributed by atoms with Crippen molar-refractivity contribution in [2.24, 2.45) is 5.92 Å². The molecular weight excluding hydrogens is 276 g/mol. The number of ether oxygens (including phenoxy) is 4. The molecule has 4 heterocycles. The van der Waals surface area contributed by atoms with Crippen molar-refractivity contribution in [3.8, 4) is 0 Å². The molecule has 3 fully saturated rings. The Labute approximate surface area is 120 Å². The van der Waals surface area contributed by atoms with Gasteiger partial charge in [0, 0.05) is 12.0 Å². The van der Waals surface area contributed by atoms with Gasteiger partial charge in [-0.3, -0.25) is 0 Å². The topological polar surface area (TPSA) is 77.7 Å². The molecule has 0 aromatic rings. The predicted molar refractivity (Wildman–Crippen MR) is 67.0 cm³/mol. The third-order valence-electron chi connectivity index (χ3n) is 5.18. The molecule has 0 aromatic heterocycles. The fourth-order valence-electron chi connectivity index (χ4n) is 3.92. The van der Waals surface area contributed by atoms with Gasteiger partial charge in [-0.05, 0) is 13.0 Å². The van der Waals surface area contributed by atoms with E-state index in [9.17, 15) is 9.59 Å². The smallest absolute Gasteiger partial charge is 0.337 e. The van der Waals surface area contributed by atoms with Crippen LogP contribution < -0.4 is 0 Å². The van der Waals surface area contributed by atoms with E-state index in [1.807, 2.05) is 6.92 Å². The second kappa shape index (κ2) is 3.39. The predicted octanol–water partition coefficient (Wildman–Crippen LogP) is 0.265. The number of epoxide rings is 2. The fraction of sp³-hybridized carbons (Fsp3) is 0.600. The van der Waals surface area contributed by atoms with E-state index in [0.717, 1.165) is 0 Å². The van der Waals surface area contributed by atoms with Gasteiger partial charge in [0.2, 0.25) is 0 Å². The van der Waals surface area contributed by atoms with Crippen molar-refractivity contribution >= 4 is 11.9 Å². The summed E-state index contributed by atoms with van der Waals surface area (Å²) < 4.78 is 22.3. The number of carbonyl (C=O) groups is 2. The van der Waals surface area contributed by atoms with Crippen molar-refractivity contribution in [1.82, 2.24) is 0 Å². The maximum atomic E-state index is 12.0. The van der Waals surface area contributed by atoms with E-state index in [0.29, 0.717) is 17.6 Å². The zero-order chi connectivity index (χ0) is 14.5. The number of carbonyl (C=O) groups excluding carboxylic acids is 2. The van der Waals surface area contributed by atoms with Gasteiger partial charge in [0.15, 0.2) is 0 Å². The molecule has 0 N–H and O–H groups in total. The largest absolute Gasteiger partial charge is 0.458 e. The van der Waals surface area contributed by atoms with Crippen LogP contribution in [0.1, 0.15) is 13.3 Å². The number of hydrogen-bond acceptors (Lipinski definition) is 6. The lowest BCUT2D eigenvalue weighted by molar-refractivity contribution is -0.143. The van der Waals surface area contributed by atoms with Gasteiger partial charge < -0.3 is 18.9 Å². The summed E-state index contributed by atoms with van der Waals surface area (Å²) >= 11 is 0. The minimum absolute atomic E-state index is 0.0541. The molecule has 1 aliphatic carbocycles. The van der Waals surface area contributed by atoms with Gasteiger partial charge in [0.05, 0.1) is 17.1 Å². The Kier molecular flexibility index (Phi) is 1.93. The average molecular weight is 290 g/mol. The molecule has 2 bridgehead atoms. The minimum Gasteiger partial charge on any atom is -0.458 e. The van der Waals surface area contributed by atoms with Crippen LogP contribution in [0, 0.1) is 5.92 Å². The molecule has 0 aromatic carbocycles. The Hall–Kier alpha value is -1.66. The van der Waals surface area contributed by atoms with Crippen LogP contribution in [0.3, 0.4) is 0 Å². The number of esters is 2. The maximum Gasteiger partial charge on any atom is 0.337 e. The minimum atomic E-state index is -0.500. The summed E-state index contributed by atoms with van der Waals surface area (Å²) in [5.74, 6) is -1.12. The molecule has 5 rings (SSSR count). The van der Waals surface area contributed by atoms with Crippen LogP contribution in [0.25, 0.3) is 0 Å². The van der Waals surface area contributed by atoms with E-state index in [-0.39, 0.29) is 41.9 Å². The van der Waals surface area contributed by atoms with Crippen molar-refractivity contribution in [2.75, 3.05) is 0 Å². The normalized spacial score (nSPS) is 53.0. The molecule has 0 spiro atoms. The van der Waals surface area contributed by atoms with Gasteiger partial charge in [0.1, 0.15) is 30.5 Å². The third kappa shape index (κ3) is 1.44. The van der Waals surface area contributed by atoms with Gasteiger partial charge >= 0.3 is 11.9 Å². The Morgan fingerprint density at radius 3 is 2.90 bits per heavy atom.